The van der Waals surface area contributed by atoms with Crippen molar-refractivity contribution < 1.29 is 0 Å². The molecule has 0 amide bonds. The van der Waals surface area contributed by atoms with Crippen molar-refractivity contribution in [2.75, 3.05) is 18.5 Å². The Labute approximate surface area is 112 Å². The van der Waals surface area contributed by atoms with Crippen LogP contribution in [-0.4, -0.2) is 23.4 Å². The molecule has 84 valence electrons. The number of hydrogen-bond acceptors (Lipinski definition) is 2. The fourth-order valence-corrected chi connectivity index (χ4v) is 2.31. The van der Waals surface area contributed by atoms with Crippen molar-refractivity contribution in [3.63, 3.8) is 0 Å². The summed E-state index contributed by atoms with van der Waals surface area (Å²) in [7, 11) is 2.02. The maximum Gasteiger partial charge on any atom is 0.142 e. The number of halogens is 3. The molecule has 1 aromatic heterocycles. The average molecular weight is 356 g/mol. The highest BCUT2D eigenvalue weighted by atomic mass is 79.9. The van der Waals surface area contributed by atoms with Crippen LogP contribution >= 0.6 is 43.5 Å². The SMILES string of the molecule is CC(Br)CCN(C)c1ncc(Cl)cc1Br. The summed E-state index contributed by atoms with van der Waals surface area (Å²) in [5.41, 5.74) is 0. The van der Waals surface area contributed by atoms with Crippen LogP contribution in [0.2, 0.25) is 5.02 Å². The van der Waals surface area contributed by atoms with Crippen LogP contribution in [0.4, 0.5) is 5.82 Å². The van der Waals surface area contributed by atoms with Crippen LogP contribution in [-0.2, 0) is 0 Å². The molecule has 0 aliphatic carbocycles. The first kappa shape index (κ1) is 13.3. The number of nitrogens with zero attached hydrogens (tertiary/aromatic N) is 2. The summed E-state index contributed by atoms with van der Waals surface area (Å²) in [4.78, 5) is 6.92. The van der Waals surface area contributed by atoms with Gasteiger partial charge in [0.1, 0.15) is 5.82 Å². The normalized spacial score (nSPS) is 12.6. The van der Waals surface area contributed by atoms with Gasteiger partial charge in [0.25, 0.3) is 0 Å². The molecule has 0 bridgehead atoms. The Bertz CT molecular complexity index is 331. The Morgan fingerprint density at radius 3 is 2.80 bits per heavy atom. The van der Waals surface area contributed by atoms with Gasteiger partial charge in [-0.25, -0.2) is 4.98 Å². The number of anilines is 1. The van der Waals surface area contributed by atoms with E-state index in [2.05, 4.69) is 48.7 Å². The smallest absolute Gasteiger partial charge is 0.142 e. The van der Waals surface area contributed by atoms with Crippen LogP contribution < -0.4 is 4.90 Å². The third kappa shape index (κ3) is 4.29. The second-order valence-electron chi connectivity index (χ2n) is 3.45. The molecule has 0 N–H and O–H groups in total. The molecule has 1 rings (SSSR count). The summed E-state index contributed by atoms with van der Waals surface area (Å²) in [6.07, 6.45) is 2.74. The maximum atomic E-state index is 5.83. The van der Waals surface area contributed by atoms with E-state index in [0.717, 1.165) is 23.3 Å². The standard InChI is InChI=1S/C10H13Br2ClN2/c1-7(11)3-4-15(2)10-9(12)5-8(13)6-14-10/h5-7H,3-4H2,1-2H3. The van der Waals surface area contributed by atoms with Gasteiger partial charge in [-0.2, -0.15) is 0 Å². The van der Waals surface area contributed by atoms with Gasteiger partial charge in [-0.05, 0) is 28.4 Å². The van der Waals surface area contributed by atoms with E-state index >= 15 is 0 Å². The predicted molar refractivity (Wildman–Crippen MR) is 73.2 cm³/mol. The van der Waals surface area contributed by atoms with E-state index in [1.165, 1.54) is 0 Å². The topological polar surface area (TPSA) is 16.1 Å². The fraction of sp³-hybridized carbons (Fsp3) is 0.500. The van der Waals surface area contributed by atoms with Crippen LogP contribution in [0.15, 0.2) is 16.7 Å². The van der Waals surface area contributed by atoms with E-state index in [0.29, 0.717) is 9.85 Å². The summed E-state index contributed by atoms with van der Waals surface area (Å²) in [6.45, 7) is 3.10. The molecule has 0 aromatic carbocycles. The Morgan fingerprint density at radius 2 is 2.27 bits per heavy atom. The van der Waals surface area contributed by atoms with Gasteiger partial charge in [0.05, 0.1) is 9.50 Å². The molecule has 15 heavy (non-hydrogen) atoms. The predicted octanol–water partition coefficient (Wildman–Crippen LogP) is 4.11. The van der Waals surface area contributed by atoms with Crippen LogP contribution in [0, 0.1) is 0 Å². The van der Waals surface area contributed by atoms with Crippen molar-refractivity contribution in [1.82, 2.24) is 4.98 Å². The van der Waals surface area contributed by atoms with E-state index in [1.807, 2.05) is 13.1 Å². The van der Waals surface area contributed by atoms with Gasteiger partial charge in [0.2, 0.25) is 0 Å². The Kier molecular flexibility index (Phi) is 5.36. The van der Waals surface area contributed by atoms with Crippen LogP contribution in [0.3, 0.4) is 0 Å². The fourth-order valence-electron chi connectivity index (χ4n) is 1.17. The van der Waals surface area contributed by atoms with E-state index < -0.39 is 0 Å². The van der Waals surface area contributed by atoms with Gasteiger partial charge < -0.3 is 4.90 Å². The van der Waals surface area contributed by atoms with E-state index in [-0.39, 0.29) is 0 Å². The molecule has 5 heteroatoms. The molecule has 0 aliphatic rings. The second-order valence-corrected chi connectivity index (χ2v) is 6.30. The lowest BCUT2D eigenvalue weighted by Crippen LogP contribution is -2.21. The molecule has 0 saturated carbocycles. The first-order chi connectivity index (χ1) is 7.00. The van der Waals surface area contributed by atoms with Crippen LogP contribution in [0.1, 0.15) is 13.3 Å². The molecular formula is C10H13Br2ClN2. The number of aromatic nitrogens is 1. The maximum absolute atomic E-state index is 5.83. The monoisotopic (exact) mass is 354 g/mol. The highest BCUT2D eigenvalue weighted by Crippen LogP contribution is 2.25. The lowest BCUT2D eigenvalue weighted by atomic mass is 10.3. The molecule has 0 spiro atoms. The Morgan fingerprint density at radius 1 is 1.60 bits per heavy atom. The summed E-state index contributed by atoms with van der Waals surface area (Å²) < 4.78 is 0.930. The van der Waals surface area contributed by atoms with Crippen LogP contribution in [0.5, 0.6) is 0 Å². The zero-order valence-corrected chi connectivity index (χ0v) is 12.6. The van der Waals surface area contributed by atoms with Gasteiger partial charge in [0, 0.05) is 24.6 Å². The van der Waals surface area contributed by atoms with Gasteiger partial charge in [-0.3, -0.25) is 0 Å². The molecule has 0 fully saturated rings. The first-order valence-electron chi connectivity index (χ1n) is 4.67. The highest BCUT2D eigenvalue weighted by Gasteiger charge is 2.08. The number of pyridine rings is 1. The van der Waals surface area contributed by atoms with Gasteiger partial charge in [0.15, 0.2) is 0 Å². The minimum atomic E-state index is 0.519. The van der Waals surface area contributed by atoms with Crippen molar-refractivity contribution in [2.45, 2.75) is 18.2 Å². The van der Waals surface area contributed by atoms with E-state index in [1.54, 1.807) is 6.20 Å². The van der Waals surface area contributed by atoms with E-state index in [4.69, 9.17) is 11.6 Å². The van der Waals surface area contributed by atoms with Crippen molar-refractivity contribution in [3.05, 3.63) is 21.8 Å². The quantitative estimate of drug-likeness (QED) is 0.755. The number of hydrogen-bond donors (Lipinski definition) is 0. The molecule has 1 aromatic rings. The summed E-state index contributed by atoms with van der Waals surface area (Å²) in [5.74, 6) is 0.924. The third-order valence-electron chi connectivity index (χ3n) is 2.01. The number of alkyl halides is 1. The highest BCUT2D eigenvalue weighted by molar-refractivity contribution is 9.10. The third-order valence-corrected chi connectivity index (χ3v) is 3.26. The molecule has 1 unspecified atom stereocenters. The minimum Gasteiger partial charge on any atom is -0.359 e. The lowest BCUT2D eigenvalue weighted by Gasteiger charge is -2.20. The Balaban J connectivity index is 2.69. The van der Waals surface area contributed by atoms with Crippen molar-refractivity contribution in [1.29, 1.82) is 0 Å². The molecule has 0 saturated heterocycles. The largest absolute Gasteiger partial charge is 0.359 e. The molecular weight excluding hydrogens is 343 g/mol. The molecule has 0 aliphatic heterocycles. The van der Waals surface area contributed by atoms with Crippen molar-refractivity contribution >= 4 is 49.3 Å². The van der Waals surface area contributed by atoms with Gasteiger partial charge in [-0.15, -0.1) is 0 Å². The summed E-state index contributed by atoms with van der Waals surface area (Å²) >= 11 is 12.8. The zero-order chi connectivity index (χ0) is 11.4. The summed E-state index contributed by atoms with van der Waals surface area (Å²) in [5, 5.41) is 0.646. The second kappa shape index (κ2) is 6.06. The molecule has 2 nitrogen and oxygen atoms in total. The lowest BCUT2D eigenvalue weighted by molar-refractivity contribution is 0.777. The minimum absolute atomic E-state index is 0.519. The average Bonchev–Trinajstić information content (AvgIpc) is 2.14. The molecule has 0 radical (unpaired) electrons. The zero-order valence-electron chi connectivity index (χ0n) is 8.67. The number of rotatable bonds is 4. The van der Waals surface area contributed by atoms with Gasteiger partial charge in [-0.1, -0.05) is 34.5 Å². The molecule has 1 atom stereocenters. The van der Waals surface area contributed by atoms with Crippen molar-refractivity contribution in [3.8, 4) is 0 Å². The van der Waals surface area contributed by atoms with E-state index in [9.17, 15) is 0 Å². The van der Waals surface area contributed by atoms with Crippen LogP contribution in [0.25, 0.3) is 0 Å². The Hall–Kier alpha value is 0.200. The van der Waals surface area contributed by atoms with Crippen molar-refractivity contribution in [2.24, 2.45) is 0 Å². The molecule has 1 heterocycles. The van der Waals surface area contributed by atoms with Gasteiger partial charge >= 0.3 is 0 Å². The summed E-state index contributed by atoms with van der Waals surface area (Å²) in [6, 6.07) is 1.86. The first-order valence-corrected chi connectivity index (χ1v) is 6.75.